The van der Waals surface area contributed by atoms with Crippen molar-refractivity contribution in [3.8, 4) is 0 Å². The van der Waals surface area contributed by atoms with Gasteiger partial charge in [0.05, 0.1) is 0 Å². The van der Waals surface area contributed by atoms with Gasteiger partial charge >= 0.3 is 17.9 Å². The molecule has 0 heterocycles. The Bertz CT molecular complexity index is 1290. The zero-order chi connectivity index (χ0) is 55.7. The normalized spacial score (nSPS) is 12.2. The molecule has 0 N–H and O–H groups in total. The molecule has 6 nitrogen and oxygen atoms in total. The highest BCUT2D eigenvalue weighted by molar-refractivity contribution is 5.71. The maximum atomic E-state index is 12.9. The fourth-order valence-electron chi connectivity index (χ4n) is 10.4. The van der Waals surface area contributed by atoms with Crippen LogP contribution >= 0.6 is 0 Å². The molecule has 0 aromatic heterocycles. The van der Waals surface area contributed by atoms with Crippen LogP contribution in [0.15, 0.2) is 36.5 Å². The summed E-state index contributed by atoms with van der Waals surface area (Å²) >= 11 is 0. The van der Waals surface area contributed by atoms with Gasteiger partial charge in [-0.1, -0.05) is 320 Å². The van der Waals surface area contributed by atoms with E-state index >= 15 is 0 Å². The van der Waals surface area contributed by atoms with Crippen molar-refractivity contribution in [3.63, 3.8) is 0 Å². The quantitative estimate of drug-likeness (QED) is 0.0261. The molecule has 0 aliphatic carbocycles. The van der Waals surface area contributed by atoms with E-state index in [-0.39, 0.29) is 31.1 Å². The van der Waals surface area contributed by atoms with Crippen LogP contribution in [0.4, 0.5) is 0 Å². The smallest absolute Gasteiger partial charge is 0.306 e. The molecule has 452 valence electrons. The van der Waals surface area contributed by atoms with Crippen molar-refractivity contribution in [3.05, 3.63) is 36.5 Å². The van der Waals surface area contributed by atoms with Crippen molar-refractivity contribution < 1.29 is 28.6 Å². The number of esters is 3. The molecule has 0 spiro atoms. The number of allylic oxidation sites excluding steroid dienone is 6. The molecular formula is C71H132O6. The fraction of sp³-hybridized carbons (Fsp3) is 0.873. The van der Waals surface area contributed by atoms with Crippen LogP contribution in [0, 0.1) is 0 Å². The molecule has 77 heavy (non-hydrogen) atoms. The Balaban J connectivity index is 4.16. The monoisotopic (exact) mass is 1080 g/mol. The first-order valence-corrected chi connectivity index (χ1v) is 34.5. The van der Waals surface area contributed by atoms with Crippen LogP contribution in [0.1, 0.15) is 380 Å². The molecule has 0 aliphatic heterocycles. The predicted octanol–water partition coefficient (Wildman–Crippen LogP) is 23.6. The van der Waals surface area contributed by atoms with E-state index in [1.165, 1.54) is 270 Å². The number of ether oxygens (including phenoxy) is 3. The second-order valence-corrected chi connectivity index (χ2v) is 23.4. The van der Waals surface area contributed by atoms with E-state index in [1.807, 2.05) is 0 Å². The summed E-state index contributed by atoms with van der Waals surface area (Å²) in [4.78, 5) is 38.3. The highest BCUT2D eigenvalue weighted by Gasteiger charge is 2.19. The van der Waals surface area contributed by atoms with Gasteiger partial charge in [-0.15, -0.1) is 0 Å². The highest BCUT2D eigenvalue weighted by Crippen LogP contribution is 2.18. The predicted molar refractivity (Wildman–Crippen MR) is 335 cm³/mol. The van der Waals surface area contributed by atoms with E-state index in [4.69, 9.17) is 14.2 Å². The third-order valence-corrected chi connectivity index (χ3v) is 15.6. The minimum atomic E-state index is -0.772. The summed E-state index contributed by atoms with van der Waals surface area (Å²) in [5.74, 6) is -0.851. The highest BCUT2D eigenvalue weighted by atomic mass is 16.6. The SMILES string of the molecule is CCCCC/C=C\CCCCCCCC(=O)OCC(COC(=O)CCCCCCCCCCCCCCCCCCC/C=C\C/C=C\CCCCCCC)OC(=O)CCCCCCCCCCCCCCCCCCCC. The van der Waals surface area contributed by atoms with Crippen molar-refractivity contribution in [2.75, 3.05) is 13.2 Å². The second kappa shape index (κ2) is 66.1. The van der Waals surface area contributed by atoms with Gasteiger partial charge in [-0.05, 0) is 77.0 Å². The van der Waals surface area contributed by atoms with E-state index in [0.717, 1.165) is 70.6 Å². The lowest BCUT2D eigenvalue weighted by molar-refractivity contribution is -0.167. The summed E-state index contributed by atoms with van der Waals surface area (Å²) < 4.78 is 17.0. The van der Waals surface area contributed by atoms with Gasteiger partial charge < -0.3 is 14.2 Å². The summed E-state index contributed by atoms with van der Waals surface area (Å²) in [6, 6.07) is 0. The van der Waals surface area contributed by atoms with Crippen LogP contribution in [-0.4, -0.2) is 37.2 Å². The molecule has 0 radical (unpaired) electrons. The molecule has 0 aromatic rings. The Hall–Kier alpha value is -2.37. The molecule has 0 aliphatic rings. The molecule has 0 fully saturated rings. The minimum absolute atomic E-state index is 0.0691. The van der Waals surface area contributed by atoms with Crippen LogP contribution in [0.5, 0.6) is 0 Å². The zero-order valence-corrected chi connectivity index (χ0v) is 52.0. The van der Waals surface area contributed by atoms with Crippen LogP contribution in [0.3, 0.4) is 0 Å². The van der Waals surface area contributed by atoms with Gasteiger partial charge in [0.2, 0.25) is 0 Å². The summed E-state index contributed by atoms with van der Waals surface area (Å²) in [5.41, 5.74) is 0. The third kappa shape index (κ3) is 64.3. The van der Waals surface area contributed by atoms with E-state index in [0.29, 0.717) is 19.3 Å². The average Bonchev–Trinajstić information content (AvgIpc) is 3.43. The number of rotatable bonds is 64. The van der Waals surface area contributed by atoms with Crippen LogP contribution in [0.25, 0.3) is 0 Å². The Kier molecular flexibility index (Phi) is 64.1. The molecule has 0 saturated carbocycles. The van der Waals surface area contributed by atoms with Crippen molar-refractivity contribution in [1.29, 1.82) is 0 Å². The number of hydrogen-bond donors (Lipinski definition) is 0. The molecule has 6 heteroatoms. The maximum Gasteiger partial charge on any atom is 0.306 e. The number of unbranched alkanes of at least 4 members (excludes halogenated alkanes) is 47. The Labute approximate surface area is 480 Å². The number of carbonyl (C=O) groups excluding carboxylic acids is 3. The summed E-state index contributed by atoms with van der Waals surface area (Å²) in [6.07, 6.45) is 81.7. The molecular weight excluding hydrogens is 949 g/mol. The molecule has 0 rings (SSSR count). The van der Waals surface area contributed by atoms with Gasteiger partial charge in [-0.25, -0.2) is 0 Å². The number of hydrogen-bond acceptors (Lipinski definition) is 6. The topological polar surface area (TPSA) is 78.9 Å². The molecule has 1 atom stereocenters. The van der Waals surface area contributed by atoms with Gasteiger partial charge in [-0.3, -0.25) is 14.4 Å². The van der Waals surface area contributed by atoms with E-state index in [9.17, 15) is 14.4 Å². The van der Waals surface area contributed by atoms with E-state index in [2.05, 4.69) is 57.2 Å². The molecule has 0 saturated heterocycles. The van der Waals surface area contributed by atoms with Gasteiger partial charge in [0.1, 0.15) is 13.2 Å². The Morgan fingerprint density at radius 1 is 0.260 bits per heavy atom. The minimum Gasteiger partial charge on any atom is -0.462 e. The lowest BCUT2D eigenvalue weighted by Crippen LogP contribution is -2.30. The summed E-state index contributed by atoms with van der Waals surface area (Å²) in [5, 5.41) is 0. The van der Waals surface area contributed by atoms with Gasteiger partial charge in [0.15, 0.2) is 6.10 Å². The first-order valence-electron chi connectivity index (χ1n) is 34.5. The standard InChI is InChI=1S/C71H132O6/c1-4-7-10-13-16-19-22-25-27-29-31-32-33-34-35-36-37-38-39-40-41-43-44-46-49-52-55-58-61-64-70(73)76-67-68(66-75-69(72)63-60-57-54-51-48-24-21-18-15-12-9-6-3)77-71(74)65-62-59-56-53-50-47-45-42-30-28-26-23-20-17-14-11-8-5-2/h18,21-22,25,29,31,68H,4-17,19-20,23-24,26-28,30,32-67H2,1-3H3/b21-18-,25-22-,31-29-. The second-order valence-electron chi connectivity index (χ2n) is 23.4. The van der Waals surface area contributed by atoms with Crippen molar-refractivity contribution in [2.24, 2.45) is 0 Å². The fourth-order valence-corrected chi connectivity index (χ4v) is 10.4. The summed E-state index contributed by atoms with van der Waals surface area (Å²) in [7, 11) is 0. The Morgan fingerprint density at radius 3 is 0.753 bits per heavy atom. The Morgan fingerprint density at radius 2 is 0.468 bits per heavy atom. The van der Waals surface area contributed by atoms with Crippen LogP contribution in [-0.2, 0) is 28.6 Å². The number of carbonyl (C=O) groups is 3. The van der Waals surface area contributed by atoms with Crippen molar-refractivity contribution in [2.45, 2.75) is 386 Å². The van der Waals surface area contributed by atoms with Gasteiger partial charge in [-0.2, -0.15) is 0 Å². The lowest BCUT2D eigenvalue weighted by Gasteiger charge is -2.18. The summed E-state index contributed by atoms with van der Waals surface area (Å²) in [6.45, 7) is 6.67. The molecule has 0 amide bonds. The van der Waals surface area contributed by atoms with Gasteiger partial charge in [0, 0.05) is 19.3 Å². The maximum absolute atomic E-state index is 12.9. The first-order chi connectivity index (χ1) is 38.0. The molecule has 0 bridgehead atoms. The van der Waals surface area contributed by atoms with Crippen molar-refractivity contribution in [1.82, 2.24) is 0 Å². The van der Waals surface area contributed by atoms with E-state index < -0.39 is 6.10 Å². The van der Waals surface area contributed by atoms with Crippen LogP contribution < -0.4 is 0 Å². The average molecular weight is 1080 g/mol. The van der Waals surface area contributed by atoms with E-state index in [1.54, 1.807) is 0 Å². The van der Waals surface area contributed by atoms with Crippen molar-refractivity contribution >= 4 is 17.9 Å². The lowest BCUT2D eigenvalue weighted by atomic mass is 10.0. The first kappa shape index (κ1) is 74.6. The largest absolute Gasteiger partial charge is 0.462 e. The third-order valence-electron chi connectivity index (χ3n) is 15.6. The molecule has 0 aromatic carbocycles. The van der Waals surface area contributed by atoms with Crippen LogP contribution in [0.2, 0.25) is 0 Å². The molecule has 1 unspecified atom stereocenters. The zero-order valence-electron chi connectivity index (χ0n) is 52.0. The van der Waals surface area contributed by atoms with Gasteiger partial charge in [0.25, 0.3) is 0 Å².